The van der Waals surface area contributed by atoms with Gasteiger partial charge in [0.1, 0.15) is 6.07 Å². The smallest absolute Gasteiger partial charge is 0.166 e. The Morgan fingerprint density at radius 2 is 2.10 bits per heavy atom. The molecule has 0 aliphatic carbocycles. The van der Waals surface area contributed by atoms with E-state index in [1.807, 2.05) is 20.2 Å². The lowest BCUT2D eigenvalue weighted by atomic mass is 10.4. The summed E-state index contributed by atoms with van der Waals surface area (Å²) in [7, 11) is 4.01. The van der Waals surface area contributed by atoms with Crippen LogP contribution in [-0.2, 0) is 0 Å². The molecule has 0 unspecified atom stereocenters. The van der Waals surface area contributed by atoms with Crippen LogP contribution in [0.25, 0.3) is 0 Å². The van der Waals surface area contributed by atoms with Crippen molar-refractivity contribution in [3.05, 3.63) is 12.7 Å². The van der Waals surface area contributed by atoms with Crippen molar-refractivity contribution < 1.29 is 21.5 Å². The van der Waals surface area contributed by atoms with Crippen molar-refractivity contribution in [2.24, 2.45) is 0 Å². The molecule has 0 atom stereocenters. The lowest BCUT2D eigenvalue weighted by molar-refractivity contribution is -0.877. The third-order valence-corrected chi connectivity index (χ3v) is 1.12. The number of hydrogen-bond donors (Lipinski definition) is 0. The topological polar surface area (TPSA) is 23.8 Å². The van der Waals surface area contributed by atoms with Gasteiger partial charge in [0.2, 0.25) is 0 Å². The Morgan fingerprint density at radius 3 is 2.40 bits per heavy atom. The summed E-state index contributed by atoms with van der Waals surface area (Å²) in [5, 5.41) is 8.33. The highest BCUT2D eigenvalue weighted by Crippen LogP contribution is 1.93. The van der Waals surface area contributed by atoms with E-state index >= 15 is 0 Å². The van der Waals surface area contributed by atoms with E-state index < -0.39 is 0 Å². The summed E-state index contributed by atoms with van der Waals surface area (Å²) in [5.41, 5.74) is 0. The molecule has 0 spiro atoms. The fourth-order valence-electron chi connectivity index (χ4n) is 0.605. The van der Waals surface area contributed by atoms with Crippen LogP contribution < -0.4 is 17.0 Å². The van der Waals surface area contributed by atoms with Crippen LogP contribution in [0, 0.1) is 11.3 Å². The molecule has 58 valence electrons. The fourth-order valence-corrected chi connectivity index (χ4v) is 0.605. The molecule has 0 saturated carbocycles. The van der Waals surface area contributed by atoms with Crippen molar-refractivity contribution in [1.82, 2.24) is 0 Å². The molecule has 0 aromatic heterocycles. The number of likely N-dealkylation sites (N-methyl/N-ethyl adjacent to an activating group) is 1. The van der Waals surface area contributed by atoms with Crippen LogP contribution >= 0.6 is 0 Å². The van der Waals surface area contributed by atoms with Gasteiger partial charge in [-0.2, -0.15) is 5.26 Å². The Labute approximate surface area is 73.1 Å². The maximum Gasteiger partial charge on any atom is 0.166 e. The first-order valence-electron chi connectivity index (χ1n) is 2.92. The van der Waals surface area contributed by atoms with E-state index in [0.29, 0.717) is 11.0 Å². The molecule has 0 fully saturated rings. The number of rotatable bonds is 3. The molecule has 0 bridgehead atoms. The molecular weight excluding hydrogens is 192 g/mol. The average molecular weight is 205 g/mol. The van der Waals surface area contributed by atoms with Crippen LogP contribution in [0.15, 0.2) is 12.7 Å². The Hall–Kier alpha value is -0.330. The summed E-state index contributed by atoms with van der Waals surface area (Å²) in [6.07, 6.45) is 1.83. The quantitative estimate of drug-likeness (QED) is 0.291. The number of hydrogen-bond acceptors (Lipinski definition) is 1. The van der Waals surface area contributed by atoms with Gasteiger partial charge in [0.15, 0.2) is 6.54 Å². The zero-order valence-corrected chi connectivity index (χ0v) is 8.06. The minimum atomic E-state index is 0. The van der Waals surface area contributed by atoms with Crippen molar-refractivity contribution in [2.75, 3.05) is 27.2 Å². The minimum absolute atomic E-state index is 0. The first kappa shape index (κ1) is 12.4. The molecule has 0 N–H and O–H groups in total. The second-order valence-electron chi connectivity index (χ2n) is 2.72. The number of quaternary nitrogens is 1. The van der Waals surface area contributed by atoms with Crippen molar-refractivity contribution >= 4 is 0 Å². The molecular formula is C7H13BrN2. The van der Waals surface area contributed by atoms with Crippen LogP contribution in [0.1, 0.15) is 0 Å². The second-order valence-corrected chi connectivity index (χ2v) is 2.72. The summed E-state index contributed by atoms with van der Waals surface area (Å²) in [6, 6.07) is 2.12. The Morgan fingerprint density at radius 1 is 1.60 bits per heavy atom. The summed E-state index contributed by atoms with van der Waals surface area (Å²) >= 11 is 0. The van der Waals surface area contributed by atoms with Gasteiger partial charge in [-0.3, -0.25) is 0 Å². The molecule has 0 saturated heterocycles. The Kier molecular flexibility index (Phi) is 6.74. The van der Waals surface area contributed by atoms with Gasteiger partial charge in [0.25, 0.3) is 0 Å². The van der Waals surface area contributed by atoms with E-state index in [9.17, 15) is 0 Å². The van der Waals surface area contributed by atoms with E-state index in [1.165, 1.54) is 0 Å². The molecule has 0 radical (unpaired) electrons. The molecule has 0 aromatic rings. The van der Waals surface area contributed by atoms with E-state index in [-0.39, 0.29) is 17.0 Å². The zero-order valence-electron chi connectivity index (χ0n) is 6.47. The number of nitrogens with zero attached hydrogens (tertiary/aromatic N) is 2. The monoisotopic (exact) mass is 204 g/mol. The van der Waals surface area contributed by atoms with Crippen LogP contribution in [-0.4, -0.2) is 31.7 Å². The molecule has 2 nitrogen and oxygen atoms in total. The van der Waals surface area contributed by atoms with Gasteiger partial charge in [-0.1, -0.05) is 6.58 Å². The highest BCUT2D eigenvalue weighted by molar-refractivity contribution is 4.71. The molecule has 0 aromatic carbocycles. The van der Waals surface area contributed by atoms with Crippen molar-refractivity contribution in [3.63, 3.8) is 0 Å². The maximum atomic E-state index is 8.33. The fraction of sp³-hybridized carbons (Fsp3) is 0.571. The summed E-state index contributed by atoms with van der Waals surface area (Å²) < 4.78 is 0.708. The number of halogens is 1. The molecule has 0 amide bonds. The van der Waals surface area contributed by atoms with E-state index in [0.717, 1.165) is 6.54 Å². The van der Waals surface area contributed by atoms with Crippen LogP contribution in [0.5, 0.6) is 0 Å². The number of nitriles is 1. The van der Waals surface area contributed by atoms with Gasteiger partial charge in [-0.25, -0.2) is 0 Å². The third-order valence-electron chi connectivity index (χ3n) is 1.12. The average Bonchev–Trinajstić information content (AvgIpc) is 1.64. The zero-order chi connectivity index (χ0) is 7.33. The van der Waals surface area contributed by atoms with Gasteiger partial charge in [-0.15, -0.1) is 0 Å². The Bertz CT molecular complexity index is 135. The molecule has 3 heteroatoms. The molecule has 0 aliphatic heterocycles. The standard InChI is InChI=1S/C7H13N2.BrH/c1-4-6-9(2,3)7-5-8;/h4H,1,6-7H2,2-3H3;1H/q+1;/p-1. The van der Waals surface area contributed by atoms with Crippen LogP contribution in [0.3, 0.4) is 0 Å². The van der Waals surface area contributed by atoms with Gasteiger partial charge in [0, 0.05) is 0 Å². The summed E-state index contributed by atoms with van der Waals surface area (Å²) in [6.45, 7) is 5.01. The SMILES string of the molecule is C=CC[N+](C)(C)CC#N.[Br-]. The van der Waals surface area contributed by atoms with Crippen molar-refractivity contribution in [1.29, 1.82) is 5.26 Å². The highest BCUT2D eigenvalue weighted by atomic mass is 79.9. The van der Waals surface area contributed by atoms with Crippen LogP contribution in [0.4, 0.5) is 0 Å². The predicted molar refractivity (Wildman–Crippen MR) is 37.7 cm³/mol. The third kappa shape index (κ3) is 5.80. The van der Waals surface area contributed by atoms with Crippen molar-refractivity contribution in [2.45, 2.75) is 0 Å². The summed E-state index contributed by atoms with van der Waals surface area (Å²) in [4.78, 5) is 0. The molecule has 0 heterocycles. The lowest BCUT2D eigenvalue weighted by Crippen LogP contribution is -3.00. The molecule has 10 heavy (non-hydrogen) atoms. The molecule has 0 aliphatic rings. The van der Waals surface area contributed by atoms with Gasteiger partial charge < -0.3 is 21.5 Å². The van der Waals surface area contributed by atoms with E-state index in [4.69, 9.17) is 5.26 Å². The molecule has 0 rings (SSSR count). The van der Waals surface area contributed by atoms with Crippen LogP contribution in [0.2, 0.25) is 0 Å². The normalized spacial score (nSPS) is 9.30. The van der Waals surface area contributed by atoms with Crippen molar-refractivity contribution in [3.8, 4) is 6.07 Å². The van der Waals surface area contributed by atoms with Gasteiger partial charge in [0.05, 0.1) is 20.6 Å². The Balaban J connectivity index is 0. The second kappa shape index (κ2) is 5.45. The lowest BCUT2D eigenvalue weighted by Gasteiger charge is -2.24. The van der Waals surface area contributed by atoms with E-state index in [1.54, 1.807) is 0 Å². The maximum absolute atomic E-state index is 8.33. The first-order valence-corrected chi connectivity index (χ1v) is 2.92. The first-order chi connectivity index (χ1) is 4.12. The minimum Gasteiger partial charge on any atom is -1.00 e. The van der Waals surface area contributed by atoms with Gasteiger partial charge >= 0.3 is 0 Å². The predicted octanol–water partition coefficient (Wildman–Crippen LogP) is -2.22. The highest BCUT2D eigenvalue weighted by Gasteiger charge is 2.09. The van der Waals surface area contributed by atoms with Gasteiger partial charge in [-0.05, 0) is 6.08 Å². The van der Waals surface area contributed by atoms with E-state index in [2.05, 4.69) is 12.6 Å². The largest absolute Gasteiger partial charge is 1.00 e. The summed E-state index contributed by atoms with van der Waals surface area (Å²) in [5.74, 6) is 0.